The number of H-pyrrole nitrogens is 1. The van der Waals surface area contributed by atoms with Gasteiger partial charge in [0.25, 0.3) is 11.8 Å². The van der Waals surface area contributed by atoms with Crippen molar-refractivity contribution < 1.29 is 18.7 Å². The normalized spacial score (nSPS) is 18.1. The largest absolute Gasteiger partial charge is 0.393 e. The molecule has 0 bridgehead atoms. The molecule has 0 saturated carbocycles. The van der Waals surface area contributed by atoms with Gasteiger partial charge in [-0.3, -0.25) is 19.8 Å². The van der Waals surface area contributed by atoms with Crippen LogP contribution in [0.15, 0.2) is 55.0 Å². The maximum atomic E-state index is 13.5. The molecule has 202 valence electrons. The standard InChI is InChI=1S/C28H29F2N7O2/c29-28(30)7-10-37(17-28)25-4-2-21(15-32-25)33-27(39)26-23-12-19(1-3-24(23)34-35-26)20-11-18(13-31-14-20)16-36-8-5-22(38)6-9-36/h1-4,11-15,22,38H,5-10,16-17H2,(H,33,39)(H,34,35). The number of hydrogen-bond donors (Lipinski definition) is 3. The third-order valence-electron chi connectivity index (χ3n) is 7.37. The highest BCUT2D eigenvalue weighted by atomic mass is 19.3. The number of aromatic amines is 1. The smallest absolute Gasteiger partial charge is 0.276 e. The van der Waals surface area contributed by atoms with Crippen LogP contribution in [0.2, 0.25) is 0 Å². The first-order valence-electron chi connectivity index (χ1n) is 13.1. The first-order chi connectivity index (χ1) is 18.8. The minimum absolute atomic E-state index is 0.189. The van der Waals surface area contributed by atoms with E-state index >= 15 is 0 Å². The van der Waals surface area contributed by atoms with Crippen LogP contribution in [0.1, 0.15) is 35.3 Å². The molecular weight excluding hydrogens is 504 g/mol. The Hall–Kier alpha value is -3.96. The molecule has 9 nitrogen and oxygen atoms in total. The lowest BCUT2D eigenvalue weighted by Crippen LogP contribution is -2.35. The van der Waals surface area contributed by atoms with Crippen LogP contribution in [-0.2, 0) is 6.54 Å². The van der Waals surface area contributed by atoms with Crippen molar-refractivity contribution in [1.29, 1.82) is 0 Å². The van der Waals surface area contributed by atoms with Crippen molar-refractivity contribution in [3.63, 3.8) is 0 Å². The molecule has 6 rings (SSSR count). The van der Waals surface area contributed by atoms with Gasteiger partial charge in [-0.2, -0.15) is 5.10 Å². The number of pyridine rings is 2. The van der Waals surface area contributed by atoms with Crippen LogP contribution in [0.3, 0.4) is 0 Å². The van der Waals surface area contributed by atoms with Crippen LogP contribution >= 0.6 is 0 Å². The highest BCUT2D eigenvalue weighted by molar-refractivity contribution is 6.11. The molecule has 2 aliphatic rings. The van der Waals surface area contributed by atoms with Gasteiger partial charge >= 0.3 is 0 Å². The van der Waals surface area contributed by atoms with E-state index in [0.717, 1.165) is 54.7 Å². The van der Waals surface area contributed by atoms with E-state index in [2.05, 4.69) is 36.4 Å². The fourth-order valence-electron chi connectivity index (χ4n) is 5.20. The van der Waals surface area contributed by atoms with Crippen LogP contribution in [0.25, 0.3) is 22.0 Å². The molecule has 2 aliphatic heterocycles. The van der Waals surface area contributed by atoms with Crippen LogP contribution in [0.5, 0.6) is 0 Å². The van der Waals surface area contributed by atoms with Gasteiger partial charge in [-0.15, -0.1) is 0 Å². The molecule has 4 aromatic rings. The molecule has 0 spiro atoms. The monoisotopic (exact) mass is 533 g/mol. The predicted octanol–water partition coefficient (Wildman–Crippen LogP) is 4.07. The van der Waals surface area contributed by atoms with Gasteiger partial charge in [0.15, 0.2) is 5.69 Å². The number of halogens is 2. The number of nitrogens with zero attached hydrogens (tertiary/aromatic N) is 5. The first kappa shape index (κ1) is 25.3. The summed E-state index contributed by atoms with van der Waals surface area (Å²) in [4.78, 5) is 25.6. The number of carbonyl (C=O) groups excluding carboxylic acids is 1. The molecule has 2 fully saturated rings. The molecule has 2 saturated heterocycles. The molecule has 11 heteroatoms. The lowest BCUT2D eigenvalue weighted by molar-refractivity contribution is 0.0256. The van der Waals surface area contributed by atoms with Gasteiger partial charge in [0, 0.05) is 55.9 Å². The minimum Gasteiger partial charge on any atom is -0.393 e. The highest BCUT2D eigenvalue weighted by Gasteiger charge is 2.38. The Balaban J connectivity index is 1.17. The van der Waals surface area contributed by atoms with Crippen molar-refractivity contribution in [2.24, 2.45) is 0 Å². The van der Waals surface area contributed by atoms with E-state index in [4.69, 9.17) is 0 Å². The second kappa shape index (κ2) is 10.3. The van der Waals surface area contributed by atoms with Gasteiger partial charge in [0.2, 0.25) is 0 Å². The van der Waals surface area contributed by atoms with Crippen molar-refractivity contribution >= 4 is 28.3 Å². The number of aromatic nitrogens is 4. The molecule has 1 amide bonds. The van der Waals surface area contributed by atoms with Gasteiger partial charge in [-0.05, 0) is 54.3 Å². The summed E-state index contributed by atoms with van der Waals surface area (Å²) in [5, 5.41) is 20.4. The average Bonchev–Trinajstić information content (AvgIpc) is 3.53. The Morgan fingerprint density at radius 2 is 1.92 bits per heavy atom. The second-order valence-corrected chi connectivity index (χ2v) is 10.3. The molecule has 0 atom stereocenters. The molecule has 0 aliphatic carbocycles. The molecule has 5 heterocycles. The first-order valence-corrected chi connectivity index (χ1v) is 13.1. The van der Waals surface area contributed by atoms with Crippen molar-refractivity contribution in [3.8, 4) is 11.1 Å². The number of carbonyl (C=O) groups is 1. The zero-order valence-electron chi connectivity index (χ0n) is 21.3. The number of aliphatic hydroxyl groups is 1. The van der Waals surface area contributed by atoms with Crippen LogP contribution in [0, 0.1) is 0 Å². The number of anilines is 2. The maximum absolute atomic E-state index is 13.5. The van der Waals surface area contributed by atoms with Gasteiger partial charge in [-0.25, -0.2) is 13.8 Å². The summed E-state index contributed by atoms with van der Waals surface area (Å²) in [6, 6.07) is 11.1. The number of rotatable bonds is 6. The number of amides is 1. The quantitative estimate of drug-likeness (QED) is 0.343. The number of alkyl halides is 2. The fourth-order valence-corrected chi connectivity index (χ4v) is 5.20. The summed E-state index contributed by atoms with van der Waals surface area (Å²) < 4.78 is 27.1. The molecular formula is C28H29F2N7O2. The SMILES string of the molecule is O=C(Nc1ccc(N2CCC(F)(F)C2)nc1)c1n[nH]c2ccc(-c3cncc(CN4CCC(O)CC4)c3)cc12. The number of hydrogen-bond acceptors (Lipinski definition) is 7. The summed E-state index contributed by atoms with van der Waals surface area (Å²) in [6.07, 6.45) is 6.29. The molecule has 39 heavy (non-hydrogen) atoms. The summed E-state index contributed by atoms with van der Waals surface area (Å²) in [6.45, 7) is 2.37. The van der Waals surface area contributed by atoms with Gasteiger partial charge in [-0.1, -0.05) is 6.07 Å². The summed E-state index contributed by atoms with van der Waals surface area (Å²) in [5.74, 6) is -2.66. The highest BCUT2D eigenvalue weighted by Crippen LogP contribution is 2.30. The topological polar surface area (TPSA) is 110 Å². The van der Waals surface area contributed by atoms with E-state index in [1.165, 1.54) is 11.1 Å². The lowest BCUT2D eigenvalue weighted by atomic mass is 10.0. The van der Waals surface area contributed by atoms with E-state index in [9.17, 15) is 18.7 Å². The van der Waals surface area contributed by atoms with E-state index in [1.54, 1.807) is 18.3 Å². The van der Waals surface area contributed by atoms with Crippen molar-refractivity contribution in [2.45, 2.75) is 37.8 Å². The van der Waals surface area contributed by atoms with E-state index in [1.807, 2.05) is 24.4 Å². The molecule has 0 unspecified atom stereocenters. The fraction of sp³-hybridized carbons (Fsp3) is 0.357. The van der Waals surface area contributed by atoms with Gasteiger partial charge in [0.1, 0.15) is 5.82 Å². The minimum atomic E-state index is -2.70. The predicted molar refractivity (Wildman–Crippen MR) is 144 cm³/mol. The summed E-state index contributed by atoms with van der Waals surface area (Å²) >= 11 is 0. The number of aliphatic hydroxyl groups excluding tert-OH is 1. The van der Waals surface area contributed by atoms with E-state index in [-0.39, 0.29) is 31.3 Å². The molecule has 3 N–H and O–H groups in total. The average molecular weight is 534 g/mol. The number of nitrogens with one attached hydrogen (secondary N) is 2. The number of likely N-dealkylation sites (tertiary alicyclic amines) is 1. The Labute approximate surface area is 223 Å². The van der Waals surface area contributed by atoms with Gasteiger partial charge < -0.3 is 15.3 Å². The summed E-state index contributed by atoms with van der Waals surface area (Å²) in [7, 11) is 0. The second-order valence-electron chi connectivity index (χ2n) is 10.3. The third kappa shape index (κ3) is 5.59. The van der Waals surface area contributed by atoms with E-state index < -0.39 is 11.8 Å². The summed E-state index contributed by atoms with van der Waals surface area (Å²) in [5.41, 5.74) is 4.35. The Morgan fingerprint density at radius 3 is 2.67 bits per heavy atom. The third-order valence-corrected chi connectivity index (χ3v) is 7.37. The van der Waals surface area contributed by atoms with Crippen molar-refractivity contribution in [2.75, 3.05) is 36.4 Å². The van der Waals surface area contributed by atoms with Crippen molar-refractivity contribution in [3.05, 3.63) is 66.2 Å². The molecule has 1 aromatic carbocycles. The number of fused-ring (bicyclic) bond motifs is 1. The van der Waals surface area contributed by atoms with Crippen LogP contribution < -0.4 is 10.2 Å². The Kier molecular flexibility index (Phi) is 6.69. The zero-order chi connectivity index (χ0) is 27.0. The Bertz CT molecular complexity index is 1480. The number of benzene rings is 1. The maximum Gasteiger partial charge on any atom is 0.276 e. The molecule has 3 aromatic heterocycles. The van der Waals surface area contributed by atoms with Crippen molar-refractivity contribution in [1.82, 2.24) is 25.1 Å². The van der Waals surface area contributed by atoms with Crippen LogP contribution in [-0.4, -0.2) is 74.3 Å². The number of piperidine rings is 1. The van der Waals surface area contributed by atoms with Gasteiger partial charge in [0.05, 0.1) is 30.0 Å². The van der Waals surface area contributed by atoms with Crippen LogP contribution in [0.4, 0.5) is 20.3 Å². The molecule has 0 radical (unpaired) electrons. The van der Waals surface area contributed by atoms with E-state index in [0.29, 0.717) is 16.9 Å². The zero-order valence-corrected chi connectivity index (χ0v) is 21.3. The lowest BCUT2D eigenvalue weighted by Gasteiger charge is -2.29. The Morgan fingerprint density at radius 1 is 1.08 bits per heavy atom.